The molecule has 2 saturated heterocycles. The fraction of sp³-hybridized carbons (Fsp3) is 0.625. The Hall–Kier alpha value is -0.890. The summed E-state index contributed by atoms with van der Waals surface area (Å²) in [5.41, 5.74) is -5.87. The molecule has 1 aromatic rings. The van der Waals surface area contributed by atoms with Gasteiger partial charge >= 0.3 is 12.4 Å². The molecule has 1 nitrogen and oxygen atoms in total. The molecular formula is C16H16F6OS. The van der Waals surface area contributed by atoms with Crippen LogP contribution in [0.3, 0.4) is 0 Å². The highest BCUT2D eigenvalue weighted by molar-refractivity contribution is 8.00. The average Bonchev–Trinajstić information content (AvgIpc) is 2.44. The number of alkyl halides is 6. The summed E-state index contributed by atoms with van der Waals surface area (Å²) in [6.45, 7) is 0. The van der Waals surface area contributed by atoms with E-state index in [1.54, 1.807) is 11.8 Å². The van der Waals surface area contributed by atoms with E-state index in [4.69, 9.17) is 0 Å². The summed E-state index contributed by atoms with van der Waals surface area (Å²) in [4.78, 5) is 0. The van der Waals surface area contributed by atoms with Gasteiger partial charge in [-0.05, 0) is 37.8 Å². The van der Waals surface area contributed by atoms with Crippen LogP contribution in [0.5, 0.6) is 0 Å². The Morgan fingerprint density at radius 2 is 1.38 bits per heavy atom. The third-order valence-corrected chi connectivity index (χ3v) is 6.28. The van der Waals surface area contributed by atoms with Gasteiger partial charge in [-0.3, -0.25) is 0 Å². The van der Waals surface area contributed by atoms with Crippen molar-refractivity contribution >= 4 is 11.8 Å². The van der Waals surface area contributed by atoms with Gasteiger partial charge in [-0.1, -0.05) is 12.5 Å². The van der Waals surface area contributed by atoms with E-state index in [2.05, 4.69) is 0 Å². The maximum Gasteiger partial charge on any atom is 0.416 e. The first-order valence-corrected chi connectivity index (χ1v) is 8.61. The van der Waals surface area contributed by atoms with Crippen molar-refractivity contribution in [1.82, 2.24) is 0 Å². The second-order valence-corrected chi connectivity index (χ2v) is 8.08. The van der Waals surface area contributed by atoms with Crippen LogP contribution in [0.4, 0.5) is 26.3 Å². The number of aliphatic hydroxyl groups is 1. The summed E-state index contributed by atoms with van der Waals surface area (Å²) < 4.78 is 80.1. The smallest absolute Gasteiger partial charge is 0.385 e. The minimum absolute atomic E-state index is 0.0790. The van der Waals surface area contributed by atoms with E-state index in [0.29, 0.717) is 25.0 Å². The van der Waals surface area contributed by atoms with Crippen LogP contribution in [0.25, 0.3) is 0 Å². The minimum atomic E-state index is -4.95. The van der Waals surface area contributed by atoms with Crippen molar-refractivity contribution in [2.75, 3.05) is 0 Å². The number of thioether (sulfide) groups is 1. The van der Waals surface area contributed by atoms with Crippen molar-refractivity contribution < 1.29 is 31.4 Å². The summed E-state index contributed by atoms with van der Waals surface area (Å²) in [7, 11) is 0. The minimum Gasteiger partial charge on any atom is -0.385 e. The van der Waals surface area contributed by atoms with Crippen LogP contribution in [-0.4, -0.2) is 15.6 Å². The molecule has 1 aromatic carbocycles. The Kier molecular flexibility index (Phi) is 4.35. The highest BCUT2D eigenvalue weighted by Gasteiger charge is 2.51. The van der Waals surface area contributed by atoms with Gasteiger partial charge in [-0.15, -0.1) is 0 Å². The van der Waals surface area contributed by atoms with Crippen molar-refractivity contribution in [3.63, 3.8) is 0 Å². The zero-order chi connectivity index (χ0) is 17.8. The zero-order valence-electron chi connectivity index (χ0n) is 12.5. The number of benzene rings is 1. The van der Waals surface area contributed by atoms with Gasteiger partial charge in [0.05, 0.1) is 16.7 Å². The quantitative estimate of drug-likeness (QED) is 0.672. The van der Waals surface area contributed by atoms with Gasteiger partial charge in [0, 0.05) is 16.1 Å². The van der Waals surface area contributed by atoms with Crippen molar-refractivity contribution in [2.24, 2.45) is 0 Å². The normalized spacial score (nSPS) is 31.1. The Bertz CT molecular complexity index is 580. The predicted molar refractivity (Wildman–Crippen MR) is 78.6 cm³/mol. The third kappa shape index (κ3) is 3.27. The van der Waals surface area contributed by atoms with E-state index < -0.39 is 34.6 Å². The van der Waals surface area contributed by atoms with Gasteiger partial charge in [0.25, 0.3) is 0 Å². The highest BCUT2D eigenvalue weighted by Crippen LogP contribution is 2.53. The number of hydrogen-bond acceptors (Lipinski definition) is 2. The zero-order valence-corrected chi connectivity index (χ0v) is 13.4. The molecule has 2 aliphatic heterocycles. The monoisotopic (exact) mass is 370 g/mol. The van der Waals surface area contributed by atoms with Crippen LogP contribution < -0.4 is 0 Å². The van der Waals surface area contributed by atoms with Crippen LogP contribution >= 0.6 is 11.8 Å². The fourth-order valence-electron chi connectivity index (χ4n) is 3.85. The summed E-state index contributed by atoms with van der Waals surface area (Å²) in [6, 6.07) is 2.00. The van der Waals surface area contributed by atoms with Crippen LogP contribution in [-0.2, 0) is 18.0 Å². The summed E-state index contributed by atoms with van der Waals surface area (Å²) in [5, 5.41) is 10.7. The molecule has 2 heterocycles. The van der Waals surface area contributed by atoms with E-state index in [9.17, 15) is 31.4 Å². The topological polar surface area (TPSA) is 20.2 Å². The van der Waals surface area contributed by atoms with Crippen LogP contribution in [0.2, 0.25) is 0 Å². The number of fused-ring (bicyclic) bond motifs is 2. The molecule has 2 aliphatic rings. The van der Waals surface area contributed by atoms with Gasteiger partial charge in [-0.2, -0.15) is 38.1 Å². The van der Waals surface area contributed by atoms with Crippen molar-refractivity contribution in [1.29, 1.82) is 0 Å². The van der Waals surface area contributed by atoms with Gasteiger partial charge in [-0.25, -0.2) is 0 Å². The molecule has 24 heavy (non-hydrogen) atoms. The summed E-state index contributed by atoms with van der Waals surface area (Å²) >= 11 is 1.57. The molecule has 1 N–H and O–H groups in total. The molecule has 0 aliphatic carbocycles. The maximum absolute atomic E-state index is 13.3. The molecule has 3 rings (SSSR count). The second kappa shape index (κ2) is 5.83. The lowest BCUT2D eigenvalue weighted by atomic mass is 9.76. The lowest BCUT2D eigenvalue weighted by molar-refractivity contribution is -0.150. The maximum atomic E-state index is 13.3. The van der Waals surface area contributed by atoms with E-state index in [1.807, 2.05) is 0 Å². The average molecular weight is 370 g/mol. The molecule has 0 aromatic heterocycles. The standard InChI is InChI=1S/C16H16F6OS/c17-15(18,19)11-5-2-6-12(16(20,21)22)13(11)14(23)7-9-3-1-4-10(8-14)24-9/h2,5-6,9-10,23H,1,3-4,7-8H2. The fourth-order valence-corrected chi connectivity index (χ4v) is 5.74. The molecular weight excluding hydrogens is 354 g/mol. The Morgan fingerprint density at radius 3 is 1.79 bits per heavy atom. The first-order valence-electron chi connectivity index (χ1n) is 7.66. The van der Waals surface area contributed by atoms with Crippen molar-refractivity contribution in [2.45, 2.75) is 60.6 Å². The Balaban J connectivity index is 2.17. The molecule has 0 saturated carbocycles. The molecule has 0 spiro atoms. The lowest BCUT2D eigenvalue weighted by Crippen LogP contribution is -2.43. The van der Waals surface area contributed by atoms with E-state index in [0.717, 1.165) is 12.5 Å². The van der Waals surface area contributed by atoms with Crippen LogP contribution in [0.1, 0.15) is 48.8 Å². The van der Waals surface area contributed by atoms with Gasteiger partial charge in [0.2, 0.25) is 0 Å². The van der Waals surface area contributed by atoms with E-state index >= 15 is 0 Å². The number of halogens is 6. The van der Waals surface area contributed by atoms with Crippen LogP contribution in [0.15, 0.2) is 18.2 Å². The molecule has 0 amide bonds. The largest absolute Gasteiger partial charge is 0.416 e. The number of hydrogen-bond donors (Lipinski definition) is 1. The molecule has 2 fully saturated rings. The van der Waals surface area contributed by atoms with Gasteiger partial charge in [0.15, 0.2) is 0 Å². The third-order valence-electron chi connectivity index (χ3n) is 4.71. The lowest BCUT2D eigenvalue weighted by Gasteiger charge is -2.45. The molecule has 134 valence electrons. The van der Waals surface area contributed by atoms with E-state index in [1.165, 1.54) is 0 Å². The Morgan fingerprint density at radius 1 is 0.917 bits per heavy atom. The molecule has 2 atom stereocenters. The summed E-state index contributed by atoms with van der Waals surface area (Å²) in [6.07, 6.45) is -7.75. The second-order valence-electron chi connectivity index (χ2n) is 6.47. The van der Waals surface area contributed by atoms with Gasteiger partial charge in [0.1, 0.15) is 0 Å². The first kappa shape index (κ1) is 17.9. The first-order chi connectivity index (χ1) is 11.0. The van der Waals surface area contributed by atoms with E-state index in [-0.39, 0.29) is 23.3 Å². The predicted octanol–water partition coefficient (Wildman–Crippen LogP) is 5.36. The van der Waals surface area contributed by atoms with Crippen molar-refractivity contribution in [3.8, 4) is 0 Å². The molecule has 2 bridgehead atoms. The number of rotatable bonds is 1. The molecule has 8 heteroatoms. The van der Waals surface area contributed by atoms with Crippen molar-refractivity contribution in [3.05, 3.63) is 34.9 Å². The molecule has 0 radical (unpaired) electrons. The molecule has 2 unspecified atom stereocenters. The SMILES string of the molecule is OC1(c2c(C(F)(F)F)cccc2C(F)(F)F)CC2CCCC(C1)S2. The Labute approximate surface area is 139 Å². The highest BCUT2D eigenvalue weighted by atomic mass is 32.2. The van der Waals surface area contributed by atoms with Gasteiger partial charge < -0.3 is 5.11 Å². The summed E-state index contributed by atoms with van der Waals surface area (Å²) in [5.74, 6) is 0. The van der Waals surface area contributed by atoms with Crippen LogP contribution in [0, 0.1) is 0 Å².